The van der Waals surface area contributed by atoms with Gasteiger partial charge in [-0.3, -0.25) is 14.5 Å². The fraction of sp³-hybridized carbons (Fsp3) is 0.680. The van der Waals surface area contributed by atoms with Crippen LogP contribution in [0.3, 0.4) is 0 Å². The fourth-order valence-corrected chi connectivity index (χ4v) is 8.73. The third-order valence-electron chi connectivity index (χ3n) is 7.90. The predicted molar refractivity (Wildman–Crippen MR) is 157 cm³/mol. The van der Waals surface area contributed by atoms with Crippen LogP contribution in [0.4, 0.5) is 0 Å². The number of halogens is 1. The number of rotatable bonds is 11. The van der Waals surface area contributed by atoms with E-state index in [1.165, 1.54) is 26.6 Å². The quantitative estimate of drug-likeness (QED) is 0.392. The van der Waals surface area contributed by atoms with Gasteiger partial charge in [-0.1, -0.05) is 11.6 Å². The summed E-state index contributed by atoms with van der Waals surface area (Å²) in [6.07, 6.45) is 4.87. The molecule has 3 saturated heterocycles. The highest BCUT2D eigenvalue weighted by Gasteiger charge is 2.37. The van der Waals surface area contributed by atoms with Crippen molar-refractivity contribution in [3.05, 3.63) is 26.8 Å². The van der Waals surface area contributed by atoms with Crippen molar-refractivity contribution in [3.63, 3.8) is 0 Å². The number of amides is 2. The van der Waals surface area contributed by atoms with Crippen molar-refractivity contribution in [2.24, 2.45) is 0 Å². The molecule has 0 spiro atoms. The van der Waals surface area contributed by atoms with Crippen LogP contribution in [0.25, 0.3) is 6.08 Å². The van der Waals surface area contributed by atoms with E-state index >= 15 is 0 Å². The van der Waals surface area contributed by atoms with E-state index in [4.69, 9.17) is 11.6 Å². The lowest BCUT2D eigenvalue weighted by atomic mass is 10.1. The molecule has 4 heterocycles. The number of nitrogens with one attached hydrogen (secondary N) is 1. The fourth-order valence-electron chi connectivity index (χ4n) is 5.63. The van der Waals surface area contributed by atoms with Gasteiger partial charge in [0, 0.05) is 55.6 Å². The van der Waals surface area contributed by atoms with Crippen molar-refractivity contribution >= 4 is 60.9 Å². The van der Waals surface area contributed by atoms with Crippen LogP contribution < -0.4 is 4.72 Å². The maximum absolute atomic E-state index is 13.3. The number of likely N-dealkylation sites (tertiary alicyclic amines) is 3. The largest absolute Gasteiger partial charge is 0.337 e. The number of sulfonamides is 2. The van der Waals surface area contributed by atoms with E-state index in [2.05, 4.69) is 9.62 Å². The van der Waals surface area contributed by atoms with Crippen molar-refractivity contribution in [3.8, 4) is 0 Å². The summed E-state index contributed by atoms with van der Waals surface area (Å²) >= 11 is 7.14. The summed E-state index contributed by atoms with van der Waals surface area (Å²) in [6, 6.07) is 2.40. The Bertz CT molecular complexity index is 1320. The second-order valence-electron chi connectivity index (χ2n) is 10.6. The van der Waals surface area contributed by atoms with Crippen LogP contribution in [0.1, 0.15) is 43.9 Å². The SMILES string of the molecule is CCS(=O)(=O)N(C)C1CCN(C[C@@H]2CCCN2C(=O)CN2CCC[C@H](NS(=O)(=O)C=Cc3ccc(Cl)s3)C2=O)C1. The number of hydrogen-bond donors (Lipinski definition) is 1. The third-order valence-corrected chi connectivity index (χ3v) is 12.1. The maximum Gasteiger partial charge on any atom is 0.242 e. The van der Waals surface area contributed by atoms with Gasteiger partial charge >= 0.3 is 0 Å². The summed E-state index contributed by atoms with van der Waals surface area (Å²) in [5.74, 6) is -0.465. The molecule has 3 aliphatic heterocycles. The molecule has 0 saturated carbocycles. The van der Waals surface area contributed by atoms with Crippen LogP contribution in [0, 0.1) is 0 Å². The van der Waals surface area contributed by atoms with Crippen LogP contribution >= 0.6 is 22.9 Å². The molecule has 0 aliphatic carbocycles. The summed E-state index contributed by atoms with van der Waals surface area (Å²) < 4.78 is 54.2. The summed E-state index contributed by atoms with van der Waals surface area (Å²) in [4.78, 5) is 32.6. The van der Waals surface area contributed by atoms with Crippen LogP contribution in [-0.2, 0) is 29.6 Å². The van der Waals surface area contributed by atoms with Gasteiger partial charge in [0.25, 0.3) is 0 Å². The molecule has 1 N–H and O–H groups in total. The Hall–Kier alpha value is -1.55. The Labute approximate surface area is 246 Å². The average Bonchev–Trinajstić information content (AvgIpc) is 3.66. The Morgan fingerprint density at radius 2 is 1.90 bits per heavy atom. The van der Waals surface area contributed by atoms with E-state index in [1.54, 1.807) is 26.1 Å². The minimum atomic E-state index is -3.87. The van der Waals surface area contributed by atoms with Crippen molar-refractivity contribution < 1.29 is 26.4 Å². The zero-order chi connectivity index (χ0) is 29.1. The van der Waals surface area contributed by atoms with Gasteiger partial charge in [-0.05, 0) is 63.8 Å². The van der Waals surface area contributed by atoms with Crippen LogP contribution in [0.15, 0.2) is 17.5 Å². The van der Waals surface area contributed by atoms with Crippen LogP contribution in [0.5, 0.6) is 0 Å². The predicted octanol–water partition coefficient (Wildman–Crippen LogP) is 1.63. The van der Waals surface area contributed by atoms with Crippen molar-refractivity contribution in [1.29, 1.82) is 0 Å². The zero-order valence-electron chi connectivity index (χ0n) is 22.9. The molecule has 224 valence electrons. The summed E-state index contributed by atoms with van der Waals surface area (Å²) in [7, 11) is -5.49. The van der Waals surface area contributed by atoms with E-state index in [9.17, 15) is 26.4 Å². The molecule has 4 rings (SSSR count). The highest BCUT2D eigenvalue weighted by Crippen LogP contribution is 2.25. The highest BCUT2D eigenvalue weighted by molar-refractivity contribution is 7.92. The standard InChI is InChI=1S/C25H38ClN5O6S3/c1-3-40(36,37)28(2)19-10-14-29(16-19)17-20-6-4-13-31(20)24(32)18-30-12-5-7-22(25(30)33)27-39(34,35)15-11-21-8-9-23(26)38-21/h8-9,11,15,19-20,22,27H,3-7,10,12-14,16-18H2,1-2H3/t19?,20-,22-/m0/s1. The number of carbonyl (C=O) groups is 2. The summed E-state index contributed by atoms with van der Waals surface area (Å²) in [5, 5.41) is 1.03. The van der Waals surface area contributed by atoms with Crippen molar-refractivity contribution in [1.82, 2.24) is 23.7 Å². The van der Waals surface area contributed by atoms with E-state index in [-0.39, 0.29) is 30.3 Å². The number of hydrogen-bond acceptors (Lipinski definition) is 8. The molecule has 0 aromatic carbocycles. The molecule has 1 unspecified atom stereocenters. The maximum atomic E-state index is 13.3. The van der Waals surface area contributed by atoms with Gasteiger partial charge in [-0.15, -0.1) is 11.3 Å². The zero-order valence-corrected chi connectivity index (χ0v) is 26.1. The molecule has 0 bridgehead atoms. The third kappa shape index (κ3) is 7.84. The first-order chi connectivity index (χ1) is 18.9. The lowest BCUT2D eigenvalue weighted by Gasteiger charge is -2.34. The van der Waals surface area contributed by atoms with E-state index in [0.29, 0.717) is 48.2 Å². The molecule has 2 amide bonds. The van der Waals surface area contributed by atoms with Gasteiger partial charge < -0.3 is 9.80 Å². The van der Waals surface area contributed by atoms with Gasteiger partial charge in [0.05, 0.1) is 16.6 Å². The van der Waals surface area contributed by atoms with Gasteiger partial charge in [0.15, 0.2) is 0 Å². The van der Waals surface area contributed by atoms with E-state index in [0.717, 1.165) is 31.2 Å². The summed E-state index contributed by atoms with van der Waals surface area (Å²) in [5.41, 5.74) is 0. The topological polar surface area (TPSA) is 127 Å². The monoisotopic (exact) mass is 635 g/mol. The molecule has 3 fully saturated rings. The first-order valence-electron chi connectivity index (χ1n) is 13.6. The van der Waals surface area contributed by atoms with Crippen molar-refractivity contribution in [2.45, 2.75) is 57.2 Å². The Balaban J connectivity index is 1.30. The average molecular weight is 636 g/mol. The first-order valence-corrected chi connectivity index (χ1v) is 18.0. The van der Waals surface area contributed by atoms with Gasteiger partial charge in [0.1, 0.15) is 6.04 Å². The minimum Gasteiger partial charge on any atom is -0.337 e. The Morgan fingerprint density at radius 1 is 1.15 bits per heavy atom. The molecular weight excluding hydrogens is 598 g/mol. The van der Waals surface area contributed by atoms with E-state index < -0.39 is 32.0 Å². The molecule has 1 aromatic heterocycles. The molecule has 1 aromatic rings. The molecule has 3 atom stereocenters. The molecule has 11 nitrogen and oxygen atoms in total. The molecular formula is C25H38ClN5O6S3. The van der Waals surface area contributed by atoms with Gasteiger partial charge in [-0.25, -0.2) is 21.1 Å². The second-order valence-corrected chi connectivity index (χ2v) is 16.2. The molecule has 15 heteroatoms. The molecule has 3 aliphatic rings. The minimum absolute atomic E-state index is 0.00410. The molecule has 40 heavy (non-hydrogen) atoms. The number of likely N-dealkylation sites (N-methyl/N-ethyl adjacent to an activating group) is 1. The number of piperidine rings is 1. The van der Waals surface area contributed by atoms with Crippen LogP contribution in [-0.4, -0.2) is 118 Å². The van der Waals surface area contributed by atoms with Gasteiger partial charge in [-0.2, -0.15) is 4.72 Å². The highest BCUT2D eigenvalue weighted by atomic mass is 35.5. The second kappa shape index (κ2) is 13.2. The molecule has 0 radical (unpaired) electrons. The Morgan fingerprint density at radius 3 is 2.60 bits per heavy atom. The summed E-state index contributed by atoms with van der Waals surface area (Å²) in [6.45, 7) is 4.64. The lowest BCUT2D eigenvalue weighted by molar-refractivity contribution is -0.143. The lowest BCUT2D eigenvalue weighted by Crippen LogP contribution is -2.55. The van der Waals surface area contributed by atoms with Crippen LogP contribution in [0.2, 0.25) is 4.34 Å². The normalized spacial score (nSPS) is 25.1. The number of carbonyl (C=O) groups excluding carboxylic acids is 2. The van der Waals surface area contributed by atoms with Gasteiger partial charge in [0.2, 0.25) is 31.9 Å². The van der Waals surface area contributed by atoms with Crippen molar-refractivity contribution in [2.75, 3.05) is 52.1 Å². The number of thiophene rings is 1. The number of nitrogens with zero attached hydrogens (tertiary/aromatic N) is 4. The van der Waals surface area contributed by atoms with E-state index in [1.807, 2.05) is 4.90 Å². The Kier molecular flexibility index (Phi) is 10.3. The first kappa shape index (κ1) is 31.4. The smallest absolute Gasteiger partial charge is 0.242 e.